The van der Waals surface area contributed by atoms with E-state index in [9.17, 15) is 13.6 Å². The number of carbonyl (C=O) groups is 1. The van der Waals surface area contributed by atoms with Crippen LogP contribution < -0.4 is 4.74 Å². The van der Waals surface area contributed by atoms with Crippen LogP contribution in [0.1, 0.15) is 6.92 Å². The molecule has 0 aliphatic carbocycles. The van der Waals surface area contributed by atoms with E-state index in [1.54, 1.807) is 6.07 Å². The van der Waals surface area contributed by atoms with Crippen molar-refractivity contribution in [2.45, 2.75) is 6.92 Å². The predicted molar refractivity (Wildman–Crippen MR) is 72.2 cm³/mol. The summed E-state index contributed by atoms with van der Waals surface area (Å²) in [6, 6.07) is 9.58. The molecule has 20 heavy (non-hydrogen) atoms. The first-order chi connectivity index (χ1) is 9.47. The van der Waals surface area contributed by atoms with Gasteiger partial charge in [0.05, 0.1) is 0 Å². The molecule has 0 saturated carbocycles. The van der Waals surface area contributed by atoms with Crippen LogP contribution in [0.5, 0.6) is 5.75 Å². The van der Waals surface area contributed by atoms with Gasteiger partial charge in [0.1, 0.15) is 17.4 Å². The summed E-state index contributed by atoms with van der Waals surface area (Å²) in [5.41, 5.74) is 0.875. The minimum atomic E-state index is -0.622. The lowest BCUT2D eigenvalue weighted by molar-refractivity contribution is -0.130. The molecule has 0 spiro atoms. The molecule has 0 bridgehead atoms. The Morgan fingerprint density at radius 2 is 1.90 bits per heavy atom. The molecule has 0 saturated heterocycles. The second-order valence-electron chi connectivity index (χ2n) is 4.32. The highest BCUT2D eigenvalue weighted by Gasteiger charge is 2.10. The Morgan fingerprint density at radius 1 is 1.15 bits per heavy atom. The van der Waals surface area contributed by atoms with Crippen molar-refractivity contribution in [3.8, 4) is 16.9 Å². The Morgan fingerprint density at radius 3 is 2.50 bits per heavy atom. The average molecular weight is 274 g/mol. The molecule has 102 valence electrons. The van der Waals surface area contributed by atoms with Crippen molar-refractivity contribution in [2.24, 2.45) is 0 Å². The highest BCUT2D eigenvalue weighted by atomic mass is 19.1. The van der Waals surface area contributed by atoms with E-state index in [0.717, 1.165) is 6.07 Å². The average Bonchev–Trinajstić information content (AvgIpc) is 2.38. The topological polar surface area (TPSA) is 26.3 Å². The molecule has 0 fully saturated rings. The van der Waals surface area contributed by atoms with Crippen LogP contribution in [-0.4, -0.2) is 5.97 Å². The zero-order chi connectivity index (χ0) is 14.7. The van der Waals surface area contributed by atoms with E-state index < -0.39 is 17.6 Å². The Kier molecular flexibility index (Phi) is 3.94. The lowest BCUT2D eigenvalue weighted by Gasteiger charge is -2.07. The van der Waals surface area contributed by atoms with Crippen molar-refractivity contribution < 1.29 is 18.3 Å². The first kappa shape index (κ1) is 13.9. The number of benzene rings is 2. The van der Waals surface area contributed by atoms with E-state index in [4.69, 9.17) is 4.74 Å². The SMILES string of the molecule is C=C(C)C(=O)Oc1ccc(-c2cccc(F)c2)c(F)c1. The summed E-state index contributed by atoms with van der Waals surface area (Å²) in [7, 11) is 0. The molecule has 0 unspecified atom stereocenters. The maximum absolute atomic E-state index is 14.0. The van der Waals surface area contributed by atoms with Crippen molar-refractivity contribution >= 4 is 5.97 Å². The van der Waals surface area contributed by atoms with Gasteiger partial charge >= 0.3 is 5.97 Å². The monoisotopic (exact) mass is 274 g/mol. The normalized spacial score (nSPS) is 10.2. The maximum Gasteiger partial charge on any atom is 0.338 e. The summed E-state index contributed by atoms with van der Waals surface area (Å²) < 4.78 is 32.0. The molecule has 2 aromatic rings. The maximum atomic E-state index is 14.0. The van der Waals surface area contributed by atoms with E-state index >= 15 is 0 Å². The van der Waals surface area contributed by atoms with E-state index in [1.165, 1.54) is 37.3 Å². The summed E-state index contributed by atoms with van der Waals surface area (Å²) in [6.07, 6.45) is 0. The standard InChI is InChI=1S/C16H12F2O2/c1-10(2)16(19)20-13-6-7-14(15(18)9-13)11-4-3-5-12(17)8-11/h3-9H,1H2,2H3. The van der Waals surface area contributed by atoms with Gasteiger partial charge in [-0.3, -0.25) is 0 Å². The number of hydrogen-bond donors (Lipinski definition) is 0. The fraction of sp³-hybridized carbons (Fsp3) is 0.0625. The molecule has 0 heterocycles. The third-order valence-corrected chi connectivity index (χ3v) is 2.64. The van der Waals surface area contributed by atoms with E-state index in [-0.39, 0.29) is 16.9 Å². The van der Waals surface area contributed by atoms with Crippen LogP contribution in [0.2, 0.25) is 0 Å². The summed E-state index contributed by atoms with van der Waals surface area (Å²) >= 11 is 0. The number of carbonyl (C=O) groups excluding carboxylic acids is 1. The zero-order valence-corrected chi connectivity index (χ0v) is 10.8. The van der Waals surface area contributed by atoms with Gasteiger partial charge in [-0.05, 0) is 36.8 Å². The molecule has 4 heteroatoms. The number of ether oxygens (including phenoxy) is 1. The first-order valence-corrected chi connectivity index (χ1v) is 5.90. The van der Waals surface area contributed by atoms with Gasteiger partial charge in [-0.2, -0.15) is 0 Å². The highest BCUT2D eigenvalue weighted by Crippen LogP contribution is 2.27. The Balaban J connectivity index is 2.31. The van der Waals surface area contributed by atoms with E-state index in [1.807, 2.05) is 0 Å². The Labute approximate surface area is 115 Å². The molecule has 2 nitrogen and oxygen atoms in total. The lowest BCUT2D eigenvalue weighted by atomic mass is 10.0. The molecule has 0 aromatic heterocycles. The van der Waals surface area contributed by atoms with Gasteiger partial charge in [-0.15, -0.1) is 0 Å². The highest BCUT2D eigenvalue weighted by molar-refractivity contribution is 5.88. The molecule has 0 amide bonds. The molecule has 2 rings (SSSR count). The number of hydrogen-bond acceptors (Lipinski definition) is 2. The van der Waals surface area contributed by atoms with E-state index in [2.05, 4.69) is 6.58 Å². The van der Waals surface area contributed by atoms with Crippen LogP contribution in [0.25, 0.3) is 11.1 Å². The van der Waals surface area contributed by atoms with Crippen LogP contribution in [0.4, 0.5) is 8.78 Å². The van der Waals surface area contributed by atoms with Crippen LogP contribution in [-0.2, 0) is 4.79 Å². The minimum Gasteiger partial charge on any atom is -0.423 e. The Hall–Kier alpha value is -2.49. The van der Waals surface area contributed by atoms with E-state index in [0.29, 0.717) is 5.56 Å². The molecule has 0 aliphatic rings. The quantitative estimate of drug-likeness (QED) is 0.478. The van der Waals surface area contributed by atoms with Crippen molar-refractivity contribution in [2.75, 3.05) is 0 Å². The van der Waals surface area contributed by atoms with Crippen molar-refractivity contribution in [1.82, 2.24) is 0 Å². The predicted octanol–water partition coefficient (Wildman–Crippen LogP) is 4.11. The van der Waals surface area contributed by atoms with Crippen LogP contribution >= 0.6 is 0 Å². The van der Waals surface area contributed by atoms with Gasteiger partial charge in [0.25, 0.3) is 0 Å². The summed E-state index contributed by atoms with van der Waals surface area (Å²) in [5.74, 6) is -1.58. The van der Waals surface area contributed by atoms with Gasteiger partial charge < -0.3 is 4.74 Å². The molecular formula is C16H12F2O2. The van der Waals surface area contributed by atoms with Crippen LogP contribution in [0.3, 0.4) is 0 Å². The fourth-order valence-corrected chi connectivity index (χ4v) is 1.64. The molecule has 0 aliphatic heterocycles. The second-order valence-corrected chi connectivity index (χ2v) is 4.32. The zero-order valence-electron chi connectivity index (χ0n) is 10.8. The van der Waals surface area contributed by atoms with Crippen molar-refractivity contribution in [3.63, 3.8) is 0 Å². The first-order valence-electron chi connectivity index (χ1n) is 5.90. The minimum absolute atomic E-state index is 0.0793. The summed E-state index contributed by atoms with van der Waals surface area (Å²) in [4.78, 5) is 11.3. The molecule has 2 aromatic carbocycles. The van der Waals surface area contributed by atoms with Gasteiger partial charge in [0, 0.05) is 17.2 Å². The second kappa shape index (κ2) is 5.65. The van der Waals surface area contributed by atoms with Crippen LogP contribution in [0, 0.1) is 11.6 Å². The fourth-order valence-electron chi connectivity index (χ4n) is 1.64. The summed E-state index contributed by atoms with van der Waals surface area (Å²) in [6.45, 7) is 4.94. The molecule has 0 atom stereocenters. The van der Waals surface area contributed by atoms with Gasteiger partial charge in [0.2, 0.25) is 0 Å². The van der Waals surface area contributed by atoms with Crippen molar-refractivity contribution in [1.29, 1.82) is 0 Å². The third-order valence-electron chi connectivity index (χ3n) is 2.64. The smallest absolute Gasteiger partial charge is 0.338 e. The van der Waals surface area contributed by atoms with Gasteiger partial charge in [-0.1, -0.05) is 18.7 Å². The number of halogens is 2. The Bertz CT molecular complexity index is 678. The number of esters is 1. The van der Waals surface area contributed by atoms with Gasteiger partial charge in [0.15, 0.2) is 0 Å². The lowest BCUT2D eigenvalue weighted by Crippen LogP contribution is -2.08. The third kappa shape index (κ3) is 3.09. The molecule has 0 N–H and O–H groups in total. The molecule has 0 radical (unpaired) electrons. The van der Waals surface area contributed by atoms with Gasteiger partial charge in [-0.25, -0.2) is 13.6 Å². The largest absolute Gasteiger partial charge is 0.423 e. The molecular weight excluding hydrogens is 262 g/mol. The van der Waals surface area contributed by atoms with Crippen LogP contribution in [0.15, 0.2) is 54.6 Å². The number of rotatable bonds is 3. The van der Waals surface area contributed by atoms with Crippen molar-refractivity contribution in [3.05, 3.63) is 66.3 Å². The summed E-state index contributed by atoms with van der Waals surface area (Å²) in [5, 5.41) is 0.